The van der Waals surface area contributed by atoms with Gasteiger partial charge in [0.25, 0.3) is 0 Å². The summed E-state index contributed by atoms with van der Waals surface area (Å²) >= 11 is 7.30. The second-order valence-corrected chi connectivity index (χ2v) is 7.40. The molecular formula is C19H17ClFN3OS. The minimum atomic E-state index is -0.330. The Morgan fingerprint density at radius 3 is 2.62 bits per heavy atom. The average Bonchev–Trinajstić information content (AvgIpc) is 3.09. The second kappa shape index (κ2) is 8.38. The van der Waals surface area contributed by atoms with Crippen LogP contribution < -0.4 is 5.32 Å². The van der Waals surface area contributed by atoms with Gasteiger partial charge in [0.2, 0.25) is 5.91 Å². The van der Waals surface area contributed by atoms with Crippen LogP contribution in [0.25, 0.3) is 5.69 Å². The van der Waals surface area contributed by atoms with E-state index in [1.807, 2.05) is 42.0 Å². The Labute approximate surface area is 160 Å². The van der Waals surface area contributed by atoms with Crippen molar-refractivity contribution in [1.82, 2.24) is 14.9 Å². The zero-order chi connectivity index (χ0) is 18.5. The van der Waals surface area contributed by atoms with E-state index < -0.39 is 0 Å². The number of hydrogen-bond donors (Lipinski definition) is 1. The molecule has 3 aromatic rings. The van der Waals surface area contributed by atoms with Gasteiger partial charge < -0.3 is 5.32 Å². The summed E-state index contributed by atoms with van der Waals surface area (Å²) in [6.07, 6.45) is 3.54. The molecule has 7 heteroatoms. The van der Waals surface area contributed by atoms with Crippen molar-refractivity contribution in [1.29, 1.82) is 0 Å². The Morgan fingerprint density at radius 1 is 1.23 bits per heavy atom. The van der Waals surface area contributed by atoms with Gasteiger partial charge in [-0.2, -0.15) is 0 Å². The number of hydrogen-bond acceptors (Lipinski definition) is 3. The first-order chi connectivity index (χ1) is 12.5. The second-order valence-electron chi connectivity index (χ2n) is 5.66. The smallest absolute Gasteiger partial charge is 0.233 e. The molecule has 1 heterocycles. The number of carbonyl (C=O) groups excluding carboxylic acids is 1. The van der Waals surface area contributed by atoms with E-state index in [9.17, 15) is 9.18 Å². The van der Waals surface area contributed by atoms with Crippen LogP contribution in [0.2, 0.25) is 5.02 Å². The minimum absolute atomic E-state index is 0.106. The van der Waals surface area contributed by atoms with E-state index in [1.54, 1.807) is 18.3 Å². The van der Waals surface area contributed by atoms with Crippen LogP contribution in [-0.4, -0.2) is 20.7 Å². The number of halogens is 2. The Hall–Kier alpha value is -2.31. The van der Waals surface area contributed by atoms with Crippen LogP contribution in [-0.2, 0) is 11.3 Å². The van der Waals surface area contributed by atoms with Crippen molar-refractivity contribution in [2.45, 2.75) is 23.9 Å². The standard InChI is InChI=1S/C19H17ClFN3OS/c1-13(18(25)23-12-14-2-6-16(21)7-3-14)26-19-22-10-11-24(19)17-8-4-15(20)5-9-17/h2-11,13H,12H2,1H3,(H,23,25)/t13-/m1/s1. The van der Waals surface area contributed by atoms with Gasteiger partial charge in [-0.3, -0.25) is 9.36 Å². The topological polar surface area (TPSA) is 46.9 Å². The molecule has 2 aromatic carbocycles. The number of aromatic nitrogens is 2. The normalized spacial score (nSPS) is 12.0. The van der Waals surface area contributed by atoms with Crippen molar-refractivity contribution >= 4 is 29.3 Å². The minimum Gasteiger partial charge on any atom is -0.351 e. The number of thioether (sulfide) groups is 1. The molecule has 0 radical (unpaired) electrons. The van der Waals surface area contributed by atoms with Crippen LogP contribution in [0.15, 0.2) is 66.1 Å². The van der Waals surface area contributed by atoms with Gasteiger partial charge in [0.1, 0.15) is 5.82 Å². The van der Waals surface area contributed by atoms with Crippen molar-refractivity contribution in [2.75, 3.05) is 0 Å². The molecule has 0 saturated carbocycles. The highest BCUT2D eigenvalue weighted by Crippen LogP contribution is 2.25. The quantitative estimate of drug-likeness (QED) is 0.633. The summed E-state index contributed by atoms with van der Waals surface area (Å²) in [5, 5.41) is 3.91. The molecule has 0 unspecified atom stereocenters. The first-order valence-corrected chi connectivity index (χ1v) is 9.27. The molecule has 0 aliphatic carbocycles. The van der Waals surface area contributed by atoms with Crippen LogP contribution in [0, 0.1) is 5.82 Å². The van der Waals surface area contributed by atoms with Crippen LogP contribution in [0.3, 0.4) is 0 Å². The van der Waals surface area contributed by atoms with Crippen LogP contribution in [0.5, 0.6) is 0 Å². The van der Waals surface area contributed by atoms with Gasteiger partial charge in [-0.25, -0.2) is 9.37 Å². The number of nitrogens with zero attached hydrogens (tertiary/aromatic N) is 2. The number of nitrogens with one attached hydrogen (secondary N) is 1. The maximum absolute atomic E-state index is 12.9. The SMILES string of the molecule is C[C@@H](Sc1nccn1-c1ccc(Cl)cc1)C(=O)NCc1ccc(F)cc1. The Balaban J connectivity index is 1.62. The van der Waals surface area contributed by atoms with E-state index in [0.29, 0.717) is 11.6 Å². The van der Waals surface area contributed by atoms with Crippen molar-refractivity contribution in [3.05, 3.63) is 77.3 Å². The van der Waals surface area contributed by atoms with Crippen LogP contribution in [0.4, 0.5) is 4.39 Å². The average molecular weight is 390 g/mol. The summed E-state index contributed by atoms with van der Waals surface area (Å²) < 4.78 is 14.8. The molecule has 0 aliphatic rings. The summed E-state index contributed by atoms with van der Waals surface area (Å²) in [5.74, 6) is -0.400. The Kier molecular flexibility index (Phi) is 5.96. The molecule has 134 valence electrons. The molecule has 0 aliphatic heterocycles. The number of amides is 1. The molecule has 1 aromatic heterocycles. The largest absolute Gasteiger partial charge is 0.351 e. The number of imidazole rings is 1. The molecule has 0 saturated heterocycles. The third kappa shape index (κ3) is 4.65. The number of rotatable bonds is 6. The van der Waals surface area contributed by atoms with E-state index in [1.165, 1.54) is 23.9 Å². The molecule has 26 heavy (non-hydrogen) atoms. The summed E-state index contributed by atoms with van der Waals surface area (Å²) in [6, 6.07) is 13.5. The molecule has 0 bridgehead atoms. The highest BCUT2D eigenvalue weighted by Gasteiger charge is 2.17. The zero-order valence-electron chi connectivity index (χ0n) is 14.0. The van der Waals surface area contributed by atoms with Crippen LogP contribution in [0.1, 0.15) is 12.5 Å². The lowest BCUT2D eigenvalue weighted by Crippen LogP contribution is -2.30. The van der Waals surface area contributed by atoms with Crippen molar-refractivity contribution in [3.8, 4) is 5.69 Å². The number of carbonyl (C=O) groups is 1. The van der Waals surface area contributed by atoms with E-state index in [0.717, 1.165) is 16.4 Å². The van der Waals surface area contributed by atoms with Crippen LogP contribution >= 0.6 is 23.4 Å². The van der Waals surface area contributed by atoms with Crippen molar-refractivity contribution < 1.29 is 9.18 Å². The third-order valence-corrected chi connectivity index (χ3v) is 5.08. The fourth-order valence-corrected chi connectivity index (χ4v) is 3.36. The third-order valence-electron chi connectivity index (χ3n) is 3.74. The molecule has 1 atom stereocenters. The summed E-state index contributed by atoms with van der Waals surface area (Å²) in [6.45, 7) is 2.18. The molecule has 0 fully saturated rings. The van der Waals surface area contributed by atoms with Gasteiger partial charge in [0, 0.05) is 29.6 Å². The molecule has 1 N–H and O–H groups in total. The summed E-state index contributed by atoms with van der Waals surface area (Å²) in [5.41, 5.74) is 1.77. The van der Waals surface area contributed by atoms with Crippen molar-refractivity contribution in [3.63, 3.8) is 0 Å². The highest BCUT2D eigenvalue weighted by molar-refractivity contribution is 8.00. The van der Waals surface area contributed by atoms with E-state index in [4.69, 9.17) is 11.6 Å². The fraction of sp³-hybridized carbons (Fsp3) is 0.158. The van der Waals surface area contributed by atoms with Crippen molar-refractivity contribution in [2.24, 2.45) is 0 Å². The van der Waals surface area contributed by atoms with Gasteiger partial charge in [-0.1, -0.05) is 35.5 Å². The lowest BCUT2D eigenvalue weighted by atomic mass is 10.2. The van der Waals surface area contributed by atoms with Gasteiger partial charge in [0.15, 0.2) is 5.16 Å². The predicted octanol–water partition coefficient (Wildman–Crippen LogP) is 4.46. The van der Waals surface area contributed by atoms with E-state index in [2.05, 4.69) is 10.3 Å². The highest BCUT2D eigenvalue weighted by atomic mass is 35.5. The number of benzene rings is 2. The summed E-state index contributed by atoms with van der Waals surface area (Å²) in [4.78, 5) is 16.7. The van der Waals surface area contributed by atoms with Gasteiger partial charge >= 0.3 is 0 Å². The maximum Gasteiger partial charge on any atom is 0.233 e. The Morgan fingerprint density at radius 2 is 1.92 bits per heavy atom. The van der Waals surface area contributed by atoms with Gasteiger partial charge in [-0.15, -0.1) is 0 Å². The fourth-order valence-electron chi connectivity index (χ4n) is 2.32. The lowest BCUT2D eigenvalue weighted by molar-refractivity contribution is -0.120. The molecule has 4 nitrogen and oxygen atoms in total. The first kappa shape index (κ1) is 18.5. The maximum atomic E-state index is 12.9. The Bertz CT molecular complexity index is 881. The summed E-state index contributed by atoms with van der Waals surface area (Å²) in [7, 11) is 0. The van der Waals surface area contributed by atoms with E-state index >= 15 is 0 Å². The molecule has 1 amide bonds. The molecular weight excluding hydrogens is 373 g/mol. The lowest BCUT2D eigenvalue weighted by Gasteiger charge is -2.13. The predicted molar refractivity (Wildman–Crippen MR) is 102 cm³/mol. The monoisotopic (exact) mass is 389 g/mol. The van der Waals surface area contributed by atoms with Gasteiger partial charge in [0.05, 0.1) is 5.25 Å². The molecule has 3 rings (SSSR count). The van der Waals surface area contributed by atoms with Gasteiger partial charge in [-0.05, 0) is 48.9 Å². The first-order valence-electron chi connectivity index (χ1n) is 8.01. The van der Waals surface area contributed by atoms with E-state index in [-0.39, 0.29) is 17.0 Å². The molecule has 0 spiro atoms. The zero-order valence-corrected chi connectivity index (χ0v) is 15.6.